The first-order chi connectivity index (χ1) is 6.49. The van der Waals surface area contributed by atoms with E-state index in [1.165, 1.54) is 6.42 Å². The van der Waals surface area contributed by atoms with Gasteiger partial charge in [-0.25, -0.2) is 0 Å². The molecular formula is C12H18OS. The summed E-state index contributed by atoms with van der Waals surface area (Å²) in [5.74, 6) is 0. The molecule has 1 nitrogen and oxygen atoms in total. The predicted octanol–water partition coefficient (Wildman–Crippen LogP) is 3.38. The number of hydrogen-bond acceptors (Lipinski definition) is 2. The van der Waals surface area contributed by atoms with Crippen molar-refractivity contribution in [3.63, 3.8) is 0 Å². The summed E-state index contributed by atoms with van der Waals surface area (Å²) in [7, 11) is 0. The second-order valence-corrected chi connectivity index (χ2v) is 6.98. The molecule has 2 heteroatoms. The Hall–Kier alpha value is -0.370. The third-order valence-electron chi connectivity index (χ3n) is 2.81. The van der Waals surface area contributed by atoms with Gasteiger partial charge in [0.15, 0.2) is 0 Å². The van der Waals surface area contributed by atoms with Gasteiger partial charge in [0.1, 0.15) is 0 Å². The van der Waals surface area contributed by atoms with Gasteiger partial charge in [-0.05, 0) is 26.3 Å². The fourth-order valence-electron chi connectivity index (χ4n) is 2.00. The molecule has 1 unspecified atom stereocenters. The SMILES string of the molecule is CC1(C)C=CC(C[C@]2(C)C=COC2)S1. The van der Waals surface area contributed by atoms with Crippen LogP contribution < -0.4 is 0 Å². The van der Waals surface area contributed by atoms with Crippen LogP contribution in [0, 0.1) is 5.41 Å². The Morgan fingerprint density at radius 2 is 2.14 bits per heavy atom. The van der Waals surface area contributed by atoms with E-state index in [-0.39, 0.29) is 5.41 Å². The molecule has 0 amide bonds. The van der Waals surface area contributed by atoms with E-state index in [4.69, 9.17) is 4.74 Å². The van der Waals surface area contributed by atoms with Crippen molar-refractivity contribution in [1.82, 2.24) is 0 Å². The lowest BCUT2D eigenvalue weighted by molar-refractivity contribution is 0.192. The summed E-state index contributed by atoms with van der Waals surface area (Å²) < 4.78 is 5.63. The van der Waals surface area contributed by atoms with Gasteiger partial charge in [-0.3, -0.25) is 0 Å². The molecular weight excluding hydrogens is 192 g/mol. The summed E-state index contributed by atoms with van der Waals surface area (Å²) in [6, 6.07) is 0. The summed E-state index contributed by atoms with van der Waals surface area (Å²) in [5.41, 5.74) is 0.252. The van der Waals surface area contributed by atoms with E-state index >= 15 is 0 Å². The molecule has 0 aromatic carbocycles. The van der Waals surface area contributed by atoms with Crippen LogP contribution in [0.15, 0.2) is 24.5 Å². The molecule has 0 saturated carbocycles. The number of rotatable bonds is 2. The van der Waals surface area contributed by atoms with Crippen molar-refractivity contribution in [2.45, 2.75) is 37.2 Å². The summed E-state index contributed by atoms with van der Waals surface area (Å²) in [5, 5.41) is 0.654. The van der Waals surface area contributed by atoms with E-state index in [2.05, 4.69) is 50.8 Å². The third-order valence-corrected chi connectivity index (χ3v) is 4.18. The molecule has 0 fully saturated rings. The average molecular weight is 210 g/mol. The molecule has 2 aliphatic heterocycles. The normalized spacial score (nSPS) is 38.9. The van der Waals surface area contributed by atoms with Crippen molar-refractivity contribution < 1.29 is 4.74 Å². The predicted molar refractivity (Wildman–Crippen MR) is 62.4 cm³/mol. The molecule has 0 aromatic heterocycles. The van der Waals surface area contributed by atoms with Gasteiger partial charge >= 0.3 is 0 Å². The zero-order valence-electron chi connectivity index (χ0n) is 9.12. The van der Waals surface area contributed by atoms with Gasteiger partial charge in [-0.1, -0.05) is 19.1 Å². The minimum Gasteiger partial charge on any atom is -0.501 e. The van der Waals surface area contributed by atoms with Crippen molar-refractivity contribution in [2.24, 2.45) is 5.41 Å². The standard InChI is InChI=1S/C12H18OS/c1-11(2)5-4-10(14-11)8-12(3)6-7-13-9-12/h4-7,10H,8-9H2,1-3H3/t10?,12-/m0/s1. The minimum atomic E-state index is 0.252. The molecule has 0 N–H and O–H groups in total. The van der Waals surface area contributed by atoms with Crippen LogP contribution in [0.3, 0.4) is 0 Å². The second kappa shape index (κ2) is 3.34. The van der Waals surface area contributed by atoms with Crippen molar-refractivity contribution in [1.29, 1.82) is 0 Å². The van der Waals surface area contributed by atoms with Gasteiger partial charge in [0, 0.05) is 15.4 Å². The summed E-state index contributed by atoms with van der Waals surface area (Å²) in [6.07, 6.45) is 9.91. The van der Waals surface area contributed by atoms with Crippen LogP contribution in [-0.4, -0.2) is 16.6 Å². The lowest BCUT2D eigenvalue weighted by Crippen LogP contribution is -2.21. The van der Waals surface area contributed by atoms with Gasteiger partial charge in [0.05, 0.1) is 12.9 Å². The van der Waals surface area contributed by atoms with Crippen LogP contribution in [0.25, 0.3) is 0 Å². The molecule has 0 saturated heterocycles. The van der Waals surface area contributed by atoms with E-state index in [9.17, 15) is 0 Å². The summed E-state index contributed by atoms with van der Waals surface area (Å²) >= 11 is 2.05. The molecule has 2 heterocycles. The first-order valence-corrected chi connectivity index (χ1v) is 6.04. The Morgan fingerprint density at radius 3 is 2.64 bits per heavy atom. The maximum atomic E-state index is 5.31. The number of hydrogen-bond donors (Lipinski definition) is 0. The lowest BCUT2D eigenvalue weighted by atomic mass is 9.87. The van der Waals surface area contributed by atoms with Gasteiger partial charge < -0.3 is 4.74 Å². The highest BCUT2D eigenvalue weighted by Gasteiger charge is 2.33. The minimum absolute atomic E-state index is 0.252. The van der Waals surface area contributed by atoms with Crippen LogP contribution in [0.4, 0.5) is 0 Å². The molecule has 2 rings (SSSR count). The van der Waals surface area contributed by atoms with Gasteiger partial charge in [0.2, 0.25) is 0 Å². The van der Waals surface area contributed by atoms with Crippen molar-refractivity contribution in [2.75, 3.05) is 6.61 Å². The Labute approximate surface area is 90.6 Å². The zero-order chi connectivity index (χ0) is 10.2. The monoisotopic (exact) mass is 210 g/mol. The fraction of sp³-hybridized carbons (Fsp3) is 0.667. The topological polar surface area (TPSA) is 9.23 Å². The molecule has 0 bridgehead atoms. The van der Waals surface area contributed by atoms with Crippen LogP contribution in [0.5, 0.6) is 0 Å². The molecule has 0 aromatic rings. The highest BCUT2D eigenvalue weighted by molar-refractivity contribution is 8.01. The smallest absolute Gasteiger partial charge is 0.0962 e. The third kappa shape index (κ3) is 2.17. The Kier molecular flexibility index (Phi) is 2.42. The molecule has 2 aliphatic rings. The van der Waals surface area contributed by atoms with Crippen molar-refractivity contribution >= 4 is 11.8 Å². The van der Waals surface area contributed by atoms with Gasteiger partial charge in [0.25, 0.3) is 0 Å². The fourth-order valence-corrected chi connectivity index (χ4v) is 3.56. The highest BCUT2D eigenvalue weighted by atomic mass is 32.2. The molecule has 2 atom stereocenters. The average Bonchev–Trinajstić information content (AvgIpc) is 2.59. The summed E-state index contributed by atoms with van der Waals surface area (Å²) in [6.45, 7) is 7.67. The molecule has 0 radical (unpaired) electrons. The molecule has 14 heavy (non-hydrogen) atoms. The Bertz CT molecular complexity index is 280. The maximum Gasteiger partial charge on any atom is 0.0962 e. The summed E-state index contributed by atoms with van der Waals surface area (Å²) in [4.78, 5) is 0. The van der Waals surface area contributed by atoms with E-state index in [0.717, 1.165) is 6.61 Å². The largest absolute Gasteiger partial charge is 0.501 e. The van der Waals surface area contributed by atoms with E-state index in [0.29, 0.717) is 10.00 Å². The van der Waals surface area contributed by atoms with Crippen molar-refractivity contribution in [3.05, 3.63) is 24.5 Å². The van der Waals surface area contributed by atoms with Gasteiger partial charge in [-0.15, -0.1) is 11.8 Å². The lowest BCUT2D eigenvalue weighted by Gasteiger charge is -2.25. The van der Waals surface area contributed by atoms with Crippen LogP contribution >= 0.6 is 11.8 Å². The number of ether oxygens (including phenoxy) is 1. The molecule has 78 valence electrons. The first-order valence-electron chi connectivity index (χ1n) is 5.16. The maximum absolute atomic E-state index is 5.31. The van der Waals surface area contributed by atoms with E-state index < -0.39 is 0 Å². The van der Waals surface area contributed by atoms with Crippen LogP contribution in [0.2, 0.25) is 0 Å². The first kappa shape index (κ1) is 10.2. The molecule has 0 spiro atoms. The van der Waals surface area contributed by atoms with Crippen LogP contribution in [-0.2, 0) is 4.74 Å². The Morgan fingerprint density at radius 1 is 1.36 bits per heavy atom. The highest BCUT2D eigenvalue weighted by Crippen LogP contribution is 2.43. The molecule has 0 aliphatic carbocycles. The van der Waals surface area contributed by atoms with Crippen molar-refractivity contribution in [3.8, 4) is 0 Å². The van der Waals surface area contributed by atoms with E-state index in [1.807, 2.05) is 6.26 Å². The number of thioether (sulfide) groups is 1. The van der Waals surface area contributed by atoms with E-state index in [1.54, 1.807) is 0 Å². The van der Waals surface area contributed by atoms with Gasteiger partial charge in [-0.2, -0.15) is 0 Å². The Balaban J connectivity index is 1.94. The van der Waals surface area contributed by atoms with Crippen LogP contribution in [0.1, 0.15) is 27.2 Å². The quantitative estimate of drug-likeness (QED) is 0.646. The zero-order valence-corrected chi connectivity index (χ0v) is 9.93. The second-order valence-electron chi connectivity index (χ2n) is 5.09.